The normalized spacial score (nSPS) is 12.8. The van der Waals surface area contributed by atoms with E-state index < -0.39 is 50.3 Å². The average molecular weight is 787 g/mol. The summed E-state index contributed by atoms with van der Waals surface area (Å²) >= 11 is 0. The Morgan fingerprint density at radius 1 is 0.462 bits per heavy atom. The number of hydrogen-bond acceptors (Lipinski definition) is 12. The molecule has 4 aromatic carbocycles. The molecular formula is C30H22N6O12S4. The summed E-state index contributed by atoms with van der Waals surface area (Å²) in [4.78, 5) is 0.236. The molecule has 0 aliphatic carbocycles. The summed E-state index contributed by atoms with van der Waals surface area (Å²) in [5.74, 6) is 0. The summed E-state index contributed by atoms with van der Waals surface area (Å²) in [6, 6.07) is 17.7. The van der Waals surface area contributed by atoms with Crippen molar-refractivity contribution in [3.05, 3.63) is 108 Å². The van der Waals surface area contributed by atoms with E-state index in [2.05, 4.69) is 20.4 Å². The van der Waals surface area contributed by atoms with Crippen molar-refractivity contribution in [3.8, 4) is 33.9 Å². The van der Waals surface area contributed by atoms with Crippen molar-refractivity contribution < 1.29 is 51.9 Å². The van der Waals surface area contributed by atoms with Crippen LogP contribution in [0.4, 0.5) is 0 Å². The minimum atomic E-state index is -4.87. The van der Waals surface area contributed by atoms with Gasteiger partial charge in [0.1, 0.15) is 21.2 Å². The quantitative estimate of drug-likeness (QED) is 0.114. The number of benzene rings is 4. The van der Waals surface area contributed by atoms with Crippen molar-refractivity contribution in [2.45, 2.75) is 19.6 Å². The van der Waals surface area contributed by atoms with Gasteiger partial charge in [-0.05, 0) is 59.7 Å². The van der Waals surface area contributed by atoms with Gasteiger partial charge in [-0.25, -0.2) is 0 Å². The number of nitrogens with zero attached hydrogens (tertiary/aromatic N) is 6. The van der Waals surface area contributed by atoms with Crippen LogP contribution in [0.5, 0.6) is 0 Å². The molecule has 22 heteroatoms. The lowest BCUT2D eigenvalue weighted by molar-refractivity contribution is 0.480. The van der Waals surface area contributed by atoms with Crippen LogP contribution >= 0.6 is 0 Å². The van der Waals surface area contributed by atoms with Gasteiger partial charge in [0.05, 0.1) is 33.6 Å². The van der Waals surface area contributed by atoms with E-state index in [4.69, 9.17) is 0 Å². The van der Waals surface area contributed by atoms with Crippen LogP contribution in [0.2, 0.25) is 0 Å². The highest BCUT2D eigenvalue weighted by Gasteiger charge is 2.20. The molecule has 0 amide bonds. The fraction of sp³-hybridized carbons (Fsp3) is 0. The number of hydrogen-bond donors (Lipinski definition) is 4. The molecule has 0 unspecified atom stereocenters. The Morgan fingerprint density at radius 3 is 1.12 bits per heavy atom. The standard InChI is InChI=1S/C30H22N6O12S4/c37-49(38,39)25-11-5-19(6-12-25)27-17-31-35(33-27)23-9-3-21(29(15-23)51(43,44)45)1-2-22-4-10-24(16-30(22)52(46,47)48)36-32-18-28(34-36)20-7-13-26(14-8-20)50(40,41)42/h1-18H,(H,37,38,39)(H,40,41,42)(H,43,44,45)(H,46,47,48). The van der Waals surface area contributed by atoms with Crippen LogP contribution in [0.25, 0.3) is 46.0 Å². The van der Waals surface area contributed by atoms with Gasteiger partial charge in [-0.2, -0.15) is 53.5 Å². The molecule has 2 heterocycles. The third-order valence-corrected chi connectivity index (χ3v) is 10.9. The maximum atomic E-state index is 12.4. The highest BCUT2D eigenvalue weighted by Crippen LogP contribution is 2.27. The molecule has 0 aliphatic rings. The van der Waals surface area contributed by atoms with Crippen molar-refractivity contribution in [3.63, 3.8) is 0 Å². The molecule has 52 heavy (non-hydrogen) atoms. The van der Waals surface area contributed by atoms with Crippen molar-refractivity contribution in [2.75, 3.05) is 0 Å². The highest BCUT2D eigenvalue weighted by atomic mass is 32.2. The van der Waals surface area contributed by atoms with Crippen molar-refractivity contribution >= 4 is 52.6 Å². The first-order valence-corrected chi connectivity index (χ1v) is 20.0. The predicted octanol–water partition coefficient (Wildman–Crippen LogP) is 3.34. The zero-order chi connectivity index (χ0) is 37.6. The lowest BCUT2D eigenvalue weighted by Crippen LogP contribution is -2.06. The molecule has 0 aliphatic heterocycles. The molecule has 268 valence electrons. The topological polar surface area (TPSA) is 279 Å². The third kappa shape index (κ3) is 7.88. The van der Waals surface area contributed by atoms with E-state index in [0.717, 1.165) is 46.0 Å². The van der Waals surface area contributed by atoms with Crippen LogP contribution < -0.4 is 0 Å². The van der Waals surface area contributed by atoms with E-state index in [9.17, 15) is 51.9 Å². The zero-order valence-electron chi connectivity index (χ0n) is 25.8. The lowest BCUT2D eigenvalue weighted by Gasteiger charge is -2.08. The smallest absolute Gasteiger partial charge is 0.282 e. The van der Waals surface area contributed by atoms with Gasteiger partial charge >= 0.3 is 0 Å². The van der Waals surface area contributed by atoms with E-state index in [1.165, 1.54) is 73.1 Å². The Balaban J connectivity index is 1.29. The molecule has 0 spiro atoms. The molecule has 0 fully saturated rings. The summed E-state index contributed by atoms with van der Waals surface area (Å²) in [6.45, 7) is 0. The van der Waals surface area contributed by atoms with E-state index in [-0.39, 0.29) is 43.7 Å². The monoisotopic (exact) mass is 786 g/mol. The lowest BCUT2D eigenvalue weighted by atomic mass is 10.1. The molecule has 0 bridgehead atoms. The van der Waals surface area contributed by atoms with Crippen molar-refractivity contribution in [1.29, 1.82) is 0 Å². The second kappa shape index (κ2) is 13.3. The van der Waals surface area contributed by atoms with Gasteiger partial charge in [0, 0.05) is 11.1 Å². The summed E-state index contributed by atoms with van der Waals surface area (Å²) in [5.41, 5.74) is 1.39. The Kier molecular flexibility index (Phi) is 9.27. The SMILES string of the molecule is O=S(=O)(O)c1ccc(-c2cnn(-c3ccc(C=Cc4ccc(-n5ncc(-c6ccc(S(=O)(=O)O)cc6)n5)cc4S(=O)(=O)O)c(S(=O)(=O)O)c3)n2)cc1. The zero-order valence-corrected chi connectivity index (χ0v) is 29.0. The van der Waals surface area contributed by atoms with E-state index >= 15 is 0 Å². The van der Waals surface area contributed by atoms with Crippen LogP contribution in [0.15, 0.2) is 117 Å². The summed E-state index contributed by atoms with van der Waals surface area (Å²) in [5, 5.41) is 16.7. The van der Waals surface area contributed by atoms with E-state index in [1.807, 2.05) is 0 Å². The summed E-state index contributed by atoms with van der Waals surface area (Å²) in [6.07, 6.45) is 5.01. The molecule has 4 N–H and O–H groups in total. The van der Waals surface area contributed by atoms with Gasteiger partial charge in [-0.1, -0.05) is 48.6 Å². The summed E-state index contributed by atoms with van der Waals surface area (Å²) in [7, 11) is -18.6. The second-order valence-electron chi connectivity index (χ2n) is 10.8. The minimum absolute atomic E-state index is 0.0804. The average Bonchev–Trinajstić information content (AvgIpc) is 3.77. The fourth-order valence-electron chi connectivity index (χ4n) is 4.83. The van der Waals surface area contributed by atoms with Crippen LogP contribution in [0.1, 0.15) is 11.1 Å². The van der Waals surface area contributed by atoms with Crippen LogP contribution in [-0.4, -0.2) is 81.9 Å². The van der Waals surface area contributed by atoms with E-state index in [0.29, 0.717) is 11.1 Å². The Hall–Kier alpha value is -5.46. The molecule has 0 saturated carbocycles. The largest absolute Gasteiger partial charge is 0.295 e. The molecule has 6 aromatic rings. The molecule has 18 nitrogen and oxygen atoms in total. The van der Waals surface area contributed by atoms with Crippen LogP contribution in [0, 0.1) is 0 Å². The predicted molar refractivity (Wildman–Crippen MR) is 182 cm³/mol. The van der Waals surface area contributed by atoms with Gasteiger partial charge in [0.15, 0.2) is 0 Å². The molecule has 0 saturated heterocycles. The number of rotatable bonds is 10. The molecule has 0 radical (unpaired) electrons. The Bertz CT molecular complexity index is 2640. The fourth-order valence-corrected chi connectivity index (χ4v) is 7.20. The van der Waals surface area contributed by atoms with Gasteiger partial charge < -0.3 is 0 Å². The van der Waals surface area contributed by atoms with Gasteiger partial charge in [-0.3, -0.25) is 18.2 Å². The summed E-state index contributed by atoms with van der Waals surface area (Å²) < 4.78 is 133. The van der Waals surface area contributed by atoms with Crippen LogP contribution in [-0.2, 0) is 40.5 Å². The molecule has 2 aromatic heterocycles. The van der Waals surface area contributed by atoms with Crippen molar-refractivity contribution in [1.82, 2.24) is 30.0 Å². The van der Waals surface area contributed by atoms with E-state index in [1.54, 1.807) is 0 Å². The minimum Gasteiger partial charge on any atom is -0.282 e. The van der Waals surface area contributed by atoms with Crippen LogP contribution in [0.3, 0.4) is 0 Å². The number of aromatic nitrogens is 6. The maximum absolute atomic E-state index is 12.4. The first-order chi connectivity index (χ1) is 24.3. The maximum Gasteiger partial charge on any atom is 0.295 e. The first kappa shape index (κ1) is 36.3. The van der Waals surface area contributed by atoms with Gasteiger partial charge in [-0.15, -0.1) is 10.2 Å². The molecular weight excluding hydrogens is 765 g/mol. The Labute approximate surface area is 295 Å². The first-order valence-electron chi connectivity index (χ1n) is 14.2. The van der Waals surface area contributed by atoms with Gasteiger partial charge in [0.25, 0.3) is 40.5 Å². The highest BCUT2D eigenvalue weighted by molar-refractivity contribution is 7.86. The van der Waals surface area contributed by atoms with Gasteiger partial charge in [0.2, 0.25) is 0 Å². The molecule has 0 atom stereocenters. The Morgan fingerprint density at radius 2 is 0.808 bits per heavy atom. The second-order valence-corrected chi connectivity index (χ2v) is 16.4. The third-order valence-electron chi connectivity index (χ3n) is 7.33. The van der Waals surface area contributed by atoms with Crippen molar-refractivity contribution in [2.24, 2.45) is 0 Å². The molecule has 6 rings (SSSR count).